The molecule has 42 heteroatoms. The van der Waals surface area contributed by atoms with Gasteiger partial charge in [0.15, 0.2) is 5.96 Å². The number of carbonyl (C=O) groups is 15. The summed E-state index contributed by atoms with van der Waals surface area (Å²) in [5.74, 6) is -18.4. The summed E-state index contributed by atoms with van der Waals surface area (Å²) in [5, 5.41) is 57.2. The lowest BCUT2D eigenvalue weighted by atomic mass is 10.0. The molecule has 3 fully saturated rings. The van der Waals surface area contributed by atoms with Gasteiger partial charge in [-0.2, -0.15) is 0 Å². The van der Waals surface area contributed by atoms with Crippen LogP contribution in [0.4, 0.5) is 0 Å². The Kier molecular flexibility index (Phi) is 31.7. The van der Waals surface area contributed by atoms with E-state index in [9.17, 15) is 87.2 Å². The Morgan fingerprint density at radius 1 is 0.711 bits per heavy atom. The number of imidazole rings is 1. The molecule has 3 aliphatic heterocycles. The highest BCUT2D eigenvalue weighted by Crippen LogP contribution is 2.26. The number of aliphatic imine (C=N–C) groups is 1. The number of nitrogens with two attached hydrogens (primary N) is 5. The Labute approximate surface area is 569 Å². The van der Waals surface area contributed by atoms with Crippen molar-refractivity contribution in [3.63, 3.8) is 0 Å². The maximum Gasteiger partial charge on any atom is 0.303 e. The minimum absolute atomic E-state index is 0.0199. The second-order valence-electron chi connectivity index (χ2n) is 22.3. The average Bonchev–Trinajstić information content (AvgIpc) is 1.35. The molecule has 25 N–H and O–H groups in total. The lowest BCUT2D eigenvalue weighted by molar-refractivity contribution is -0.143. The molecule has 1 aromatic heterocycles. The molecule has 532 valence electrons. The quantitative estimate of drug-likeness (QED) is 0.0303. The highest BCUT2D eigenvalue weighted by atomic mass is 33.1. The molecule has 38 nitrogen and oxygen atoms in total. The van der Waals surface area contributed by atoms with E-state index in [1.807, 2.05) is 0 Å². The summed E-state index contributed by atoms with van der Waals surface area (Å²) in [5.41, 5.74) is 28.9. The first-order valence-electron chi connectivity index (χ1n) is 30.1. The summed E-state index contributed by atoms with van der Waals surface area (Å²) in [6.45, 7) is -0.938. The summed E-state index contributed by atoms with van der Waals surface area (Å²) < 4.78 is 0. The van der Waals surface area contributed by atoms with E-state index in [2.05, 4.69) is 73.4 Å². The lowest BCUT2D eigenvalue weighted by Crippen LogP contribution is -2.61. The molecule has 0 aliphatic carbocycles. The average molecular weight is 1440 g/mol. The number of guanidine groups is 1. The first-order valence-corrected chi connectivity index (χ1v) is 35.1. The fourth-order valence-corrected chi connectivity index (χ4v) is 14.2. The van der Waals surface area contributed by atoms with Crippen molar-refractivity contribution in [3.8, 4) is 5.75 Å². The number of carboxylic acid groups (broad SMARTS) is 1. The van der Waals surface area contributed by atoms with Crippen LogP contribution in [0.1, 0.15) is 63.1 Å². The second-order valence-corrected chi connectivity index (χ2v) is 27.4. The first kappa shape index (κ1) is 78.6. The van der Waals surface area contributed by atoms with Gasteiger partial charge in [0.2, 0.25) is 82.7 Å². The Morgan fingerprint density at radius 2 is 1.33 bits per heavy atom. The number of aromatic amines is 1. The van der Waals surface area contributed by atoms with Crippen molar-refractivity contribution in [3.05, 3.63) is 48.0 Å². The first-order chi connectivity index (χ1) is 46.0. The Balaban J connectivity index is 1.63. The Morgan fingerprint density at radius 3 is 1.96 bits per heavy atom. The van der Waals surface area contributed by atoms with Gasteiger partial charge in [0.05, 0.1) is 31.9 Å². The highest BCUT2D eigenvalue weighted by molar-refractivity contribution is 8.77. The van der Waals surface area contributed by atoms with Crippen molar-refractivity contribution < 1.29 is 87.2 Å². The van der Waals surface area contributed by atoms with Crippen LogP contribution in [-0.4, -0.2) is 247 Å². The van der Waals surface area contributed by atoms with Gasteiger partial charge in [-0.15, -0.1) is 0 Å². The minimum Gasteiger partial charge on any atom is -0.508 e. The zero-order valence-corrected chi connectivity index (χ0v) is 55.5. The van der Waals surface area contributed by atoms with E-state index in [-0.39, 0.29) is 68.2 Å². The number of primary amides is 2. The molecule has 2 aromatic rings. The molecule has 14 amide bonds. The van der Waals surface area contributed by atoms with Gasteiger partial charge in [-0.3, -0.25) is 76.9 Å². The van der Waals surface area contributed by atoms with E-state index < -0.39 is 223 Å². The number of H-pyrrole nitrogens is 1. The number of aromatic hydroxyl groups is 1. The summed E-state index contributed by atoms with van der Waals surface area (Å²) in [6.07, 6.45) is 0.0676. The van der Waals surface area contributed by atoms with Gasteiger partial charge in [-0.1, -0.05) is 55.3 Å². The molecule has 4 heterocycles. The third kappa shape index (κ3) is 26.1. The van der Waals surface area contributed by atoms with Gasteiger partial charge < -0.3 is 112 Å². The maximum absolute atomic E-state index is 14.6. The van der Waals surface area contributed by atoms with Crippen molar-refractivity contribution in [1.29, 1.82) is 0 Å². The molecule has 1 aromatic carbocycles. The molecule has 2 bridgehead atoms. The topological polar surface area (TPSA) is 623 Å². The van der Waals surface area contributed by atoms with Crippen LogP contribution in [0, 0.1) is 0 Å². The van der Waals surface area contributed by atoms with E-state index in [0.29, 0.717) is 0 Å². The molecule has 97 heavy (non-hydrogen) atoms. The predicted molar refractivity (Wildman–Crippen MR) is 352 cm³/mol. The van der Waals surface area contributed by atoms with Gasteiger partial charge >= 0.3 is 5.97 Å². The number of rotatable bonds is 17. The number of hydrogen-bond donors (Lipinski definition) is 20. The third-order valence-electron chi connectivity index (χ3n) is 14.7. The molecule has 3 saturated heterocycles. The zero-order chi connectivity index (χ0) is 71.5. The molecule has 0 spiro atoms. The number of nitrogens with one attached hydrogen (secondary N) is 12. The number of nitrogens with zero attached hydrogens (tertiary/aromatic N) is 3. The lowest BCUT2D eigenvalue weighted by Gasteiger charge is -2.30. The Bertz CT molecular complexity index is 3220. The van der Waals surface area contributed by atoms with Crippen LogP contribution in [0.5, 0.6) is 5.75 Å². The van der Waals surface area contributed by atoms with Gasteiger partial charge in [0, 0.05) is 67.3 Å². The monoisotopic (exact) mass is 1440 g/mol. The van der Waals surface area contributed by atoms with E-state index in [1.165, 1.54) is 43.7 Å². The number of amides is 14. The van der Waals surface area contributed by atoms with Crippen LogP contribution in [0.2, 0.25) is 0 Å². The van der Waals surface area contributed by atoms with Crippen LogP contribution in [0.25, 0.3) is 0 Å². The number of aliphatic carboxylic acids is 1. The molecule has 5 rings (SSSR count). The number of benzene rings is 1. The molecule has 0 saturated carbocycles. The molecule has 0 unspecified atom stereocenters. The number of carbonyl (C=O) groups excluding carboxylic acids is 14. The van der Waals surface area contributed by atoms with Gasteiger partial charge in [0.25, 0.3) is 0 Å². The smallest absolute Gasteiger partial charge is 0.303 e. The van der Waals surface area contributed by atoms with E-state index in [4.69, 9.17) is 28.7 Å². The standard InChI is InChI=1S/C55H80N20O18S4/c1-25-44(83)72-36-21-95-97-22-37(73-45(84)29(56)9-10-42(80)81)52(91)74-38(51(90)69-33(16-40(57)78)54(93)75-12-4-8-39(75)53(92)65-25)23-96-94-20-35(43(58)82)71-50(89)34(19-76)70-48(87)31(14-26-5-2-6-28(77)13-26)67-49(88)32(15-27-17-61-24-64-27)68-47(86)30(7-3-11-62-55(59)60)66-41(79)18-63-46(36)85/h2,5-6,13,17,24-25,29-39,76-77H,3-4,7-12,14-16,18-23,56H2,1H3,(H2,57,78)(H2,58,82)(H,61,64)(H,63,85)(H,65,92)(H,66,79)(H,67,88)(H,68,86)(H,69,90)(H,70,87)(H,71,89)(H,72,83)(H,73,84)(H,74,91)(H,80,81)(H4,59,60,62)/t25-,29-,30-,31-,32-,33+,34-,35-,36-,37-,38-,39-/m0/s1. The number of phenols is 1. The normalized spacial score (nSPS) is 25.8. The van der Waals surface area contributed by atoms with Crippen molar-refractivity contribution in [2.45, 2.75) is 137 Å². The number of carboxylic acids is 1. The number of fused-ring (bicyclic) bond motifs is 9. The van der Waals surface area contributed by atoms with E-state index in [1.54, 1.807) is 0 Å². The number of aliphatic hydroxyl groups excluding tert-OH is 1. The van der Waals surface area contributed by atoms with Crippen LogP contribution in [-0.2, 0) is 84.8 Å². The molecular weight excluding hydrogens is 1360 g/mol. The SMILES string of the molecule is C[C@@H]1NC(=O)[C@@H]2CCCN2C(=O)[C@@H](CC(N)=O)NC(=O)[C@@H]2CSSC[C@@H](C(N)=O)NC(=O)[C@H](CO)NC(=O)[C@H](Cc3cccc(O)c3)NC(=O)[C@H](Cc3cnc[nH]3)NC(=O)[C@H](CCCN=C(N)N)NC(=O)CNC(=O)[C@H](CSSC[C@H](NC(=O)[C@@H](N)CCC(=O)O)C(=O)N2)NC1=O. The Hall–Kier alpha value is -9.13. The van der Waals surface area contributed by atoms with Crippen molar-refractivity contribution >= 4 is 138 Å². The van der Waals surface area contributed by atoms with Crippen LogP contribution in [0.3, 0.4) is 0 Å². The molecule has 12 atom stereocenters. The summed E-state index contributed by atoms with van der Waals surface area (Å²) in [7, 11) is 3.19. The number of aromatic nitrogens is 2. The second kappa shape index (κ2) is 39.2. The van der Waals surface area contributed by atoms with Crippen LogP contribution in [0.15, 0.2) is 41.8 Å². The van der Waals surface area contributed by atoms with Crippen molar-refractivity contribution in [2.75, 3.05) is 49.3 Å². The van der Waals surface area contributed by atoms with Crippen molar-refractivity contribution in [2.24, 2.45) is 33.7 Å². The van der Waals surface area contributed by atoms with E-state index >= 15 is 0 Å². The molecule has 3 aliphatic rings. The molecule has 0 radical (unpaired) electrons. The fraction of sp³-hybridized carbons (Fsp3) is 0.545. The van der Waals surface area contributed by atoms with Gasteiger partial charge in [0.1, 0.15) is 72.2 Å². The van der Waals surface area contributed by atoms with Crippen molar-refractivity contribution in [1.82, 2.24) is 73.4 Å². The van der Waals surface area contributed by atoms with E-state index in [0.717, 1.165) is 48.1 Å². The zero-order valence-electron chi connectivity index (χ0n) is 52.2. The number of phenolic OH excluding ortho intramolecular Hbond substituents is 1. The third-order valence-corrected chi connectivity index (χ3v) is 19.6. The molecular formula is C55H80N20O18S4. The fourth-order valence-electron chi connectivity index (χ4n) is 9.56. The van der Waals surface area contributed by atoms with Gasteiger partial charge in [-0.05, 0) is 56.7 Å². The largest absolute Gasteiger partial charge is 0.508 e. The van der Waals surface area contributed by atoms with Crippen LogP contribution < -0.4 is 87.2 Å². The maximum atomic E-state index is 14.6. The summed E-state index contributed by atoms with van der Waals surface area (Å²) in [4.78, 5) is 219. The number of aliphatic hydroxyl groups is 1. The number of hydrogen-bond acceptors (Lipinski definition) is 24. The summed E-state index contributed by atoms with van der Waals surface area (Å²) in [6, 6.07) is -13.9. The highest BCUT2D eigenvalue weighted by Gasteiger charge is 2.41. The predicted octanol–water partition coefficient (Wildman–Crippen LogP) is -8.74. The van der Waals surface area contributed by atoms with Crippen LogP contribution >= 0.6 is 43.2 Å². The summed E-state index contributed by atoms with van der Waals surface area (Å²) >= 11 is 0. The minimum atomic E-state index is -1.88. The van der Waals surface area contributed by atoms with Gasteiger partial charge in [-0.25, -0.2) is 4.98 Å².